The summed E-state index contributed by atoms with van der Waals surface area (Å²) in [7, 11) is 2.23. The Morgan fingerprint density at radius 2 is 1.80 bits per heavy atom. The zero-order chi connectivity index (χ0) is 35.8. The van der Waals surface area contributed by atoms with Crippen molar-refractivity contribution >= 4 is 40.1 Å². The van der Waals surface area contributed by atoms with Gasteiger partial charge in [0.15, 0.2) is 0 Å². The second-order valence-electron chi connectivity index (χ2n) is 17.0. The normalized spacial score (nSPS) is 35.5. The van der Waals surface area contributed by atoms with Crippen molar-refractivity contribution in [3.05, 3.63) is 35.5 Å². The number of aromatic nitrogens is 1. The van der Waals surface area contributed by atoms with E-state index in [1.807, 2.05) is 30.5 Å². The Bertz CT molecular complexity index is 1520. The second kappa shape index (κ2) is 15.3. The quantitative estimate of drug-likeness (QED) is 0.168. The van der Waals surface area contributed by atoms with Crippen LogP contribution in [0.1, 0.15) is 98.8 Å². The summed E-state index contributed by atoms with van der Waals surface area (Å²) in [5, 5.41) is 5.39. The monoisotopic (exact) mass is 708 g/mol. The summed E-state index contributed by atoms with van der Waals surface area (Å²) >= 11 is 6.16. The SMILES string of the molecule is CC(=O)O[C@H]1C[C@H]2[C@@H]([C@H](OC(C)=O)C[C@@H]3C[C@H](N)CC[C@@]32C)[C@@H]2CC[C@H]([C@H](C)CCCN(C)CCCNc3ccnc4cc(Cl)ccc34)[C@@]12C. The number of rotatable bonds is 12. The van der Waals surface area contributed by atoms with Gasteiger partial charge in [0.05, 0.1) is 5.52 Å². The van der Waals surface area contributed by atoms with Crippen molar-refractivity contribution in [3.8, 4) is 0 Å². The van der Waals surface area contributed by atoms with Crippen LogP contribution < -0.4 is 11.1 Å². The molecule has 0 radical (unpaired) electrons. The molecule has 1 aromatic heterocycles. The summed E-state index contributed by atoms with van der Waals surface area (Å²) < 4.78 is 12.6. The standard InChI is InChI=1S/C41H61ClN4O4/c1-25(9-7-19-46(6)20-8-17-44-35-15-18-45-36-23-29(42)10-11-31(35)36)32-12-13-33-39-34(24-38(41(32,33)5)50-27(3)48)40(4)16-14-30(43)21-28(40)22-37(39)49-26(2)47/h10-11,15,18,23,25,28,30,32-34,37-39H,7-9,12-14,16-17,19-22,24,43H2,1-6H3,(H,44,45)/t25-,28+,30-,32-,33+,34+,37-,38+,39+,40+,41-/m1/s1. The maximum atomic E-state index is 12.7. The minimum Gasteiger partial charge on any atom is -0.462 e. The number of carbonyl (C=O) groups is 2. The van der Waals surface area contributed by atoms with Crippen LogP contribution in [0.3, 0.4) is 0 Å². The van der Waals surface area contributed by atoms with Gasteiger partial charge in [-0.25, -0.2) is 0 Å². The number of pyridine rings is 1. The molecule has 4 fully saturated rings. The molecule has 0 spiro atoms. The van der Waals surface area contributed by atoms with Gasteiger partial charge >= 0.3 is 11.9 Å². The van der Waals surface area contributed by atoms with E-state index in [4.69, 9.17) is 26.8 Å². The van der Waals surface area contributed by atoms with Crippen LogP contribution >= 0.6 is 11.6 Å². The first-order chi connectivity index (χ1) is 23.8. The molecule has 0 unspecified atom stereocenters. The Balaban J connectivity index is 1.08. The largest absolute Gasteiger partial charge is 0.462 e. The number of nitrogens with two attached hydrogens (primary N) is 1. The Hall–Kier alpha value is -2.42. The van der Waals surface area contributed by atoms with Gasteiger partial charge in [0.2, 0.25) is 0 Å². The van der Waals surface area contributed by atoms with E-state index in [1.54, 1.807) is 13.8 Å². The molecule has 9 heteroatoms. The van der Waals surface area contributed by atoms with E-state index in [9.17, 15) is 9.59 Å². The number of ether oxygens (including phenoxy) is 2. The van der Waals surface area contributed by atoms with Crippen molar-refractivity contribution < 1.29 is 19.1 Å². The van der Waals surface area contributed by atoms with E-state index in [2.05, 4.69) is 43.0 Å². The lowest BCUT2D eigenvalue weighted by molar-refractivity contribution is -0.220. The lowest BCUT2D eigenvalue weighted by Crippen LogP contribution is -2.63. The molecule has 50 heavy (non-hydrogen) atoms. The van der Waals surface area contributed by atoms with Crippen LogP contribution in [-0.4, -0.2) is 66.8 Å². The highest BCUT2D eigenvalue weighted by Crippen LogP contribution is 2.69. The Kier molecular flexibility index (Phi) is 11.4. The van der Waals surface area contributed by atoms with Crippen molar-refractivity contribution in [1.29, 1.82) is 0 Å². The highest BCUT2D eigenvalue weighted by molar-refractivity contribution is 6.31. The molecule has 0 bridgehead atoms. The van der Waals surface area contributed by atoms with Crippen molar-refractivity contribution in [3.63, 3.8) is 0 Å². The van der Waals surface area contributed by atoms with E-state index in [-0.39, 0.29) is 41.0 Å². The molecule has 1 aromatic carbocycles. The smallest absolute Gasteiger partial charge is 0.302 e. The third-order valence-corrected chi connectivity index (χ3v) is 14.3. The topological polar surface area (TPSA) is 107 Å². The summed E-state index contributed by atoms with van der Waals surface area (Å²) in [6.07, 6.45) is 12.1. The summed E-state index contributed by atoms with van der Waals surface area (Å²) in [4.78, 5) is 32.1. The molecule has 11 atom stereocenters. The van der Waals surface area contributed by atoms with E-state index in [0.717, 1.165) is 100 Å². The van der Waals surface area contributed by atoms with Crippen molar-refractivity contribution in [2.75, 3.05) is 32.0 Å². The number of nitrogens with one attached hydrogen (secondary N) is 1. The molecular weight excluding hydrogens is 648 g/mol. The lowest BCUT2D eigenvalue weighted by Gasteiger charge is -2.64. The number of halogens is 1. The van der Waals surface area contributed by atoms with Gasteiger partial charge in [-0.05, 0) is 144 Å². The fourth-order valence-electron chi connectivity index (χ4n) is 11.7. The molecular formula is C41H61ClN4O4. The van der Waals surface area contributed by atoms with Crippen LogP contribution in [0.4, 0.5) is 5.69 Å². The van der Waals surface area contributed by atoms with Crippen LogP contribution in [0.25, 0.3) is 10.9 Å². The third kappa shape index (κ3) is 7.41. The number of benzene rings is 1. The summed E-state index contributed by atoms with van der Waals surface area (Å²) in [5.74, 6) is 2.05. The van der Waals surface area contributed by atoms with Crippen LogP contribution in [0.5, 0.6) is 0 Å². The van der Waals surface area contributed by atoms with Gasteiger partial charge in [0.1, 0.15) is 12.2 Å². The molecule has 0 aliphatic heterocycles. The van der Waals surface area contributed by atoms with Gasteiger partial charge in [0.25, 0.3) is 0 Å². The molecule has 4 aliphatic rings. The average molecular weight is 709 g/mol. The number of hydrogen-bond donors (Lipinski definition) is 2. The molecule has 0 saturated heterocycles. The number of nitrogens with zero attached hydrogens (tertiary/aromatic N) is 2. The molecule has 6 rings (SSSR count). The molecule has 3 N–H and O–H groups in total. The van der Waals surface area contributed by atoms with Gasteiger partial charge in [-0.15, -0.1) is 0 Å². The highest BCUT2D eigenvalue weighted by atomic mass is 35.5. The van der Waals surface area contributed by atoms with Gasteiger partial charge in [0, 0.05) is 60.1 Å². The average Bonchev–Trinajstić information content (AvgIpc) is 3.41. The van der Waals surface area contributed by atoms with E-state index in [0.29, 0.717) is 40.5 Å². The van der Waals surface area contributed by atoms with Gasteiger partial charge in [-0.2, -0.15) is 0 Å². The number of hydrogen-bond acceptors (Lipinski definition) is 8. The summed E-state index contributed by atoms with van der Waals surface area (Å²) in [6, 6.07) is 8.09. The minimum absolute atomic E-state index is 0.0866. The van der Waals surface area contributed by atoms with E-state index >= 15 is 0 Å². The van der Waals surface area contributed by atoms with Crippen LogP contribution in [0.15, 0.2) is 30.5 Å². The summed E-state index contributed by atoms with van der Waals surface area (Å²) in [6.45, 7) is 13.4. The zero-order valence-corrected chi connectivity index (χ0v) is 32.0. The van der Waals surface area contributed by atoms with Crippen molar-refractivity contribution in [2.24, 2.45) is 52.1 Å². The first kappa shape index (κ1) is 37.3. The maximum absolute atomic E-state index is 12.7. The lowest BCUT2D eigenvalue weighted by atomic mass is 9.43. The van der Waals surface area contributed by atoms with Crippen molar-refractivity contribution in [2.45, 2.75) is 117 Å². The highest BCUT2D eigenvalue weighted by Gasteiger charge is 2.67. The fourth-order valence-corrected chi connectivity index (χ4v) is 11.9. The fraction of sp³-hybridized carbons (Fsp3) is 0.732. The molecule has 4 aliphatic carbocycles. The number of anilines is 1. The number of carbonyl (C=O) groups excluding carboxylic acids is 2. The molecule has 4 saturated carbocycles. The first-order valence-electron chi connectivity index (χ1n) is 19.4. The third-order valence-electron chi connectivity index (χ3n) is 14.1. The molecule has 276 valence electrons. The molecule has 0 amide bonds. The predicted octanol–water partition coefficient (Wildman–Crippen LogP) is 8.11. The van der Waals surface area contributed by atoms with Gasteiger partial charge in [-0.3, -0.25) is 14.6 Å². The zero-order valence-electron chi connectivity index (χ0n) is 31.3. The molecule has 2 aromatic rings. The molecule has 8 nitrogen and oxygen atoms in total. The van der Waals surface area contributed by atoms with Crippen molar-refractivity contribution in [1.82, 2.24) is 9.88 Å². The Morgan fingerprint density at radius 3 is 2.56 bits per heavy atom. The number of esters is 2. The van der Waals surface area contributed by atoms with Gasteiger partial charge < -0.3 is 25.4 Å². The minimum atomic E-state index is -0.180. The number of fused-ring (bicyclic) bond motifs is 6. The Morgan fingerprint density at radius 1 is 1.04 bits per heavy atom. The van der Waals surface area contributed by atoms with Gasteiger partial charge in [-0.1, -0.05) is 32.4 Å². The summed E-state index contributed by atoms with van der Waals surface area (Å²) in [5.41, 5.74) is 8.50. The van der Waals surface area contributed by atoms with Crippen LogP contribution in [-0.2, 0) is 19.1 Å². The van der Waals surface area contributed by atoms with Crippen LogP contribution in [0.2, 0.25) is 5.02 Å². The molecule has 1 heterocycles. The van der Waals surface area contributed by atoms with E-state index < -0.39 is 0 Å². The van der Waals surface area contributed by atoms with Crippen LogP contribution in [0, 0.1) is 46.3 Å². The van der Waals surface area contributed by atoms with E-state index in [1.165, 1.54) is 0 Å². The predicted molar refractivity (Wildman–Crippen MR) is 201 cm³/mol. The first-order valence-corrected chi connectivity index (χ1v) is 19.8. The maximum Gasteiger partial charge on any atom is 0.302 e. The Labute approximate surface area is 304 Å². The second-order valence-corrected chi connectivity index (χ2v) is 17.5.